The first-order valence-corrected chi connectivity index (χ1v) is 12.2. The number of rotatable bonds is 9. The fourth-order valence-electron chi connectivity index (χ4n) is 3.86. The van der Waals surface area contributed by atoms with E-state index in [2.05, 4.69) is 27.0 Å². The Morgan fingerprint density at radius 3 is 2.48 bits per heavy atom. The third kappa shape index (κ3) is 8.84. The number of guanidine groups is 1. The van der Waals surface area contributed by atoms with E-state index >= 15 is 0 Å². The summed E-state index contributed by atoms with van der Waals surface area (Å²) in [5.74, 6) is 1.59. The molecule has 1 N–H and O–H groups in total. The quantitative estimate of drug-likeness (QED) is 0.267. The van der Waals surface area contributed by atoms with E-state index in [-0.39, 0.29) is 42.4 Å². The maximum Gasteiger partial charge on any atom is 0.216 e. The van der Waals surface area contributed by atoms with Gasteiger partial charge in [0.15, 0.2) is 5.96 Å². The number of piperazine rings is 1. The van der Waals surface area contributed by atoms with Crippen LogP contribution >= 0.6 is 24.0 Å². The van der Waals surface area contributed by atoms with Gasteiger partial charge in [-0.1, -0.05) is 6.92 Å². The molecule has 172 valence electrons. The average Bonchev–Trinajstić information content (AvgIpc) is 3.10. The van der Waals surface area contributed by atoms with Crippen LogP contribution < -0.4 is 5.32 Å². The molecule has 0 amide bonds. The van der Waals surface area contributed by atoms with Gasteiger partial charge in [-0.15, -0.1) is 24.0 Å². The van der Waals surface area contributed by atoms with Crippen LogP contribution in [0.4, 0.5) is 0 Å². The maximum absolute atomic E-state index is 12.5. The number of ether oxygens (including phenoxy) is 1. The number of nitrogens with zero attached hydrogens (tertiary/aromatic N) is 4. The zero-order chi connectivity index (χ0) is 20.6. The Labute approximate surface area is 194 Å². The zero-order valence-corrected chi connectivity index (χ0v) is 21.6. The first-order valence-electron chi connectivity index (χ1n) is 10.6. The minimum Gasteiger partial charge on any atom is -0.378 e. The van der Waals surface area contributed by atoms with Gasteiger partial charge in [0.05, 0.1) is 18.5 Å². The van der Waals surface area contributed by atoms with Crippen LogP contribution in [0, 0.1) is 5.92 Å². The lowest BCUT2D eigenvalue weighted by Gasteiger charge is -2.36. The van der Waals surface area contributed by atoms with E-state index in [0.717, 1.165) is 19.0 Å². The molecular formula is C19H40IN5O3S. The van der Waals surface area contributed by atoms with E-state index in [1.165, 1.54) is 25.9 Å². The molecule has 2 fully saturated rings. The lowest BCUT2D eigenvalue weighted by atomic mass is 10.1. The van der Waals surface area contributed by atoms with Crippen LogP contribution in [0.1, 0.15) is 33.6 Å². The first-order chi connectivity index (χ1) is 13.4. The van der Waals surface area contributed by atoms with Crippen LogP contribution in [0.3, 0.4) is 0 Å². The predicted octanol–water partition coefficient (Wildman–Crippen LogP) is 1.28. The van der Waals surface area contributed by atoms with Crippen molar-refractivity contribution in [2.45, 2.75) is 39.7 Å². The van der Waals surface area contributed by atoms with E-state index < -0.39 is 10.0 Å². The van der Waals surface area contributed by atoms with Crippen LogP contribution in [0.15, 0.2) is 4.99 Å². The van der Waals surface area contributed by atoms with Crippen molar-refractivity contribution >= 4 is 40.0 Å². The van der Waals surface area contributed by atoms with Gasteiger partial charge in [-0.25, -0.2) is 8.42 Å². The molecule has 0 radical (unpaired) electrons. The second kappa shape index (κ2) is 13.3. The molecule has 0 bridgehead atoms. The first kappa shape index (κ1) is 26.9. The molecular weight excluding hydrogens is 505 g/mol. The molecule has 2 rings (SSSR count). The van der Waals surface area contributed by atoms with Crippen LogP contribution in [0.2, 0.25) is 0 Å². The normalized spacial score (nSPS) is 22.2. The molecule has 0 aromatic rings. The Bertz CT molecular complexity index is 595. The highest BCUT2D eigenvalue weighted by Gasteiger charge is 2.28. The van der Waals surface area contributed by atoms with E-state index in [4.69, 9.17) is 4.74 Å². The van der Waals surface area contributed by atoms with Gasteiger partial charge in [-0.3, -0.25) is 4.99 Å². The molecule has 0 aromatic heterocycles. The third-order valence-electron chi connectivity index (χ3n) is 5.39. The van der Waals surface area contributed by atoms with Gasteiger partial charge >= 0.3 is 0 Å². The fourth-order valence-corrected chi connectivity index (χ4v) is 5.15. The van der Waals surface area contributed by atoms with Gasteiger partial charge in [0.1, 0.15) is 0 Å². The highest BCUT2D eigenvalue weighted by atomic mass is 127. The van der Waals surface area contributed by atoms with Crippen LogP contribution in [-0.4, -0.2) is 106 Å². The number of hydrogen-bond donors (Lipinski definition) is 1. The van der Waals surface area contributed by atoms with Gasteiger partial charge in [0, 0.05) is 46.3 Å². The molecule has 29 heavy (non-hydrogen) atoms. The Morgan fingerprint density at radius 2 is 1.90 bits per heavy atom. The highest BCUT2D eigenvalue weighted by molar-refractivity contribution is 14.0. The number of aliphatic imine (C=N–C) groups is 1. The Morgan fingerprint density at radius 1 is 1.21 bits per heavy atom. The van der Waals surface area contributed by atoms with E-state index in [1.54, 1.807) is 11.4 Å². The summed E-state index contributed by atoms with van der Waals surface area (Å²) in [6.07, 6.45) is 2.49. The monoisotopic (exact) mass is 545 g/mol. The summed E-state index contributed by atoms with van der Waals surface area (Å²) < 4.78 is 31.9. The van der Waals surface area contributed by atoms with Crippen molar-refractivity contribution in [2.75, 3.05) is 71.8 Å². The third-order valence-corrected chi connectivity index (χ3v) is 7.23. The second-order valence-corrected chi connectivity index (χ2v) is 10.1. The summed E-state index contributed by atoms with van der Waals surface area (Å²) in [7, 11) is -1.46. The number of likely N-dealkylation sites (tertiary alicyclic amines) is 1. The van der Waals surface area contributed by atoms with Crippen LogP contribution in [0.25, 0.3) is 0 Å². The summed E-state index contributed by atoms with van der Waals surface area (Å²) in [4.78, 5) is 9.11. The smallest absolute Gasteiger partial charge is 0.216 e. The standard InChI is InChI=1S/C19H39N5O3S.HI/c1-5-7-22-8-6-18(16-22)15-21-19(20-4)23-9-11-24(12-10-23)28(25,26)14-13-27-17(2)3;/h17-18H,5-16H2,1-4H3,(H,20,21);1H. The lowest BCUT2D eigenvalue weighted by molar-refractivity contribution is 0.0904. The minimum absolute atomic E-state index is 0. The van der Waals surface area contributed by atoms with Gasteiger partial charge in [-0.05, 0) is 45.7 Å². The van der Waals surface area contributed by atoms with E-state index in [1.807, 2.05) is 13.8 Å². The van der Waals surface area contributed by atoms with Crippen molar-refractivity contribution in [2.24, 2.45) is 10.9 Å². The van der Waals surface area contributed by atoms with Crippen molar-refractivity contribution < 1.29 is 13.2 Å². The molecule has 2 aliphatic heterocycles. The maximum atomic E-state index is 12.5. The topological polar surface area (TPSA) is 77.5 Å². The van der Waals surface area contributed by atoms with Gasteiger partial charge < -0.3 is 19.9 Å². The van der Waals surface area contributed by atoms with Crippen molar-refractivity contribution in [1.82, 2.24) is 19.4 Å². The fraction of sp³-hybridized carbons (Fsp3) is 0.947. The zero-order valence-electron chi connectivity index (χ0n) is 18.5. The molecule has 10 heteroatoms. The molecule has 1 unspecified atom stereocenters. The molecule has 2 aliphatic rings. The van der Waals surface area contributed by atoms with Crippen LogP contribution in [0.5, 0.6) is 0 Å². The molecule has 8 nitrogen and oxygen atoms in total. The second-order valence-electron chi connectivity index (χ2n) is 8.01. The van der Waals surface area contributed by atoms with E-state index in [0.29, 0.717) is 32.1 Å². The number of hydrogen-bond acceptors (Lipinski definition) is 5. The number of halogens is 1. The van der Waals surface area contributed by atoms with Crippen molar-refractivity contribution in [1.29, 1.82) is 0 Å². The molecule has 1 atom stereocenters. The largest absolute Gasteiger partial charge is 0.378 e. The Kier molecular flexibility index (Phi) is 12.3. The Hall–Kier alpha value is -0.170. The molecule has 0 spiro atoms. The summed E-state index contributed by atoms with van der Waals surface area (Å²) in [5.41, 5.74) is 0. The Balaban J connectivity index is 0.00000420. The summed E-state index contributed by atoms with van der Waals surface area (Å²) in [6, 6.07) is 0. The minimum atomic E-state index is -3.26. The van der Waals surface area contributed by atoms with Crippen molar-refractivity contribution in [3.63, 3.8) is 0 Å². The SMILES string of the molecule is CCCN1CCC(CNC(=NC)N2CCN(S(=O)(=O)CCOC(C)C)CC2)C1.I. The van der Waals surface area contributed by atoms with Gasteiger partial charge in [0.2, 0.25) is 10.0 Å². The molecule has 0 aliphatic carbocycles. The molecule has 2 heterocycles. The lowest BCUT2D eigenvalue weighted by Crippen LogP contribution is -2.54. The van der Waals surface area contributed by atoms with Crippen molar-refractivity contribution in [3.05, 3.63) is 0 Å². The van der Waals surface area contributed by atoms with Crippen LogP contribution in [-0.2, 0) is 14.8 Å². The summed E-state index contributed by atoms with van der Waals surface area (Å²) in [5, 5.41) is 3.51. The molecule has 2 saturated heterocycles. The summed E-state index contributed by atoms with van der Waals surface area (Å²) >= 11 is 0. The van der Waals surface area contributed by atoms with Crippen molar-refractivity contribution in [3.8, 4) is 0 Å². The molecule has 0 saturated carbocycles. The summed E-state index contributed by atoms with van der Waals surface area (Å²) in [6.45, 7) is 13.1. The number of sulfonamides is 1. The number of nitrogens with one attached hydrogen (secondary N) is 1. The van der Waals surface area contributed by atoms with Gasteiger partial charge in [0.25, 0.3) is 0 Å². The highest BCUT2D eigenvalue weighted by Crippen LogP contribution is 2.16. The predicted molar refractivity (Wildman–Crippen MR) is 130 cm³/mol. The molecule has 0 aromatic carbocycles. The average molecular weight is 546 g/mol. The van der Waals surface area contributed by atoms with E-state index in [9.17, 15) is 8.42 Å². The van der Waals surface area contributed by atoms with Gasteiger partial charge in [-0.2, -0.15) is 4.31 Å².